The first kappa shape index (κ1) is 14.2. The average Bonchev–Trinajstić information content (AvgIpc) is 3.06. The number of fused-ring (bicyclic) bond motifs is 1. The maximum absolute atomic E-state index is 12.2. The second kappa shape index (κ2) is 5.21. The standard InChI is InChI=1S/C13H14N2O5S/c16-12-10-6-9(3-4-11(10)15-13(12)17)21(18,19)14-7-8-2-1-5-20-8/h3-4,6,8,14H,1-2,5,7H2,(H,15,16,17). The Morgan fingerprint density at radius 3 is 2.86 bits per heavy atom. The summed E-state index contributed by atoms with van der Waals surface area (Å²) in [5.74, 6) is -1.46. The first-order valence-corrected chi connectivity index (χ1v) is 8.07. The van der Waals surface area contributed by atoms with E-state index in [-0.39, 0.29) is 23.1 Å². The monoisotopic (exact) mass is 310 g/mol. The van der Waals surface area contributed by atoms with Crippen molar-refractivity contribution in [3.05, 3.63) is 23.8 Å². The molecule has 0 spiro atoms. The number of rotatable bonds is 4. The summed E-state index contributed by atoms with van der Waals surface area (Å²) in [7, 11) is -3.73. The lowest BCUT2D eigenvalue weighted by Crippen LogP contribution is -2.31. The van der Waals surface area contributed by atoms with Crippen LogP contribution in [0.3, 0.4) is 0 Å². The molecule has 1 aromatic rings. The van der Waals surface area contributed by atoms with Gasteiger partial charge in [-0.1, -0.05) is 0 Å². The van der Waals surface area contributed by atoms with E-state index in [2.05, 4.69) is 10.0 Å². The van der Waals surface area contributed by atoms with E-state index in [0.717, 1.165) is 12.8 Å². The molecule has 2 heterocycles. The maximum Gasteiger partial charge on any atom is 0.296 e. The van der Waals surface area contributed by atoms with Gasteiger partial charge >= 0.3 is 0 Å². The molecule has 2 aliphatic rings. The van der Waals surface area contributed by atoms with Crippen LogP contribution in [0.25, 0.3) is 0 Å². The van der Waals surface area contributed by atoms with Gasteiger partial charge in [-0.2, -0.15) is 0 Å². The van der Waals surface area contributed by atoms with Gasteiger partial charge in [0.05, 0.1) is 22.3 Å². The van der Waals surface area contributed by atoms with Crippen molar-refractivity contribution < 1.29 is 22.7 Å². The number of ketones is 1. The molecule has 1 saturated heterocycles. The first-order chi connectivity index (χ1) is 9.97. The van der Waals surface area contributed by atoms with Crippen LogP contribution in [0.15, 0.2) is 23.1 Å². The van der Waals surface area contributed by atoms with Crippen LogP contribution in [0, 0.1) is 0 Å². The van der Waals surface area contributed by atoms with Gasteiger partial charge in [-0.3, -0.25) is 9.59 Å². The molecule has 1 fully saturated rings. The van der Waals surface area contributed by atoms with Gasteiger partial charge in [0.25, 0.3) is 11.7 Å². The molecule has 8 heteroatoms. The molecule has 112 valence electrons. The fraction of sp³-hybridized carbons (Fsp3) is 0.385. The van der Waals surface area contributed by atoms with Crippen LogP contribution in [0.4, 0.5) is 5.69 Å². The molecule has 1 aromatic carbocycles. The molecule has 2 N–H and O–H groups in total. The third-order valence-electron chi connectivity index (χ3n) is 3.53. The summed E-state index contributed by atoms with van der Waals surface area (Å²) in [6.45, 7) is 0.845. The highest BCUT2D eigenvalue weighted by atomic mass is 32.2. The van der Waals surface area contributed by atoms with Gasteiger partial charge < -0.3 is 10.1 Å². The quantitative estimate of drug-likeness (QED) is 0.778. The second-order valence-electron chi connectivity index (χ2n) is 4.98. The number of Topliss-reactive ketones (excluding diaryl/α,β-unsaturated/α-hetero) is 1. The Kier molecular flexibility index (Phi) is 3.52. The minimum atomic E-state index is -3.73. The summed E-state index contributed by atoms with van der Waals surface area (Å²) in [6, 6.07) is 3.99. The molecule has 0 radical (unpaired) electrons. The van der Waals surface area contributed by atoms with Gasteiger partial charge in [0.2, 0.25) is 10.0 Å². The van der Waals surface area contributed by atoms with Crippen molar-refractivity contribution in [3.63, 3.8) is 0 Å². The summed E-state index contributed by atoms with van der Waals surface area (Å²) < 4.78 is 32.2. The van der Waals surface area contributed by atoms with Crippen LogP contribution >= 0.6 is 0 Å². The Morgan fingerprint density at radius 2 is 2.14 bits per heavy atom. The average molecular weight is 310 g/mol. The van der Waals surface area contributed by atoms with E-state index in [4.69, 9.17) is 4.74 Å². The topological polar surface area (TPSA) is 102 Å². The van der Waals surface area contributed by atoms with Crippen LogP contribution in [-0.2, 0) is 19.6 Å². The summed E-state index contributed by atoms with van der Waals surface area (Å²) >= 11 is 0. The maximum atomic E-state index is 12.2. The highest BCUT2D eigenvalue weighted by Gasteiger charge is 2.30. The zero-order valence-electron chi connectivity index (χ0n) is 11.1. The molecule has 21 heavy (non-hydrogen) atoms. The molecule has 1 amide bonds. The summed E-state index contributed by atoms with van der Waals surface area (Å²) in [4.78, 5) is 22.8. The lowest BCUT2D eigenvalue weighted by atomic mass is 10.1. The van der Waals surface area contributed by atoms with Crippen molar-refractivity contribution in [1.29, 1.82) is 0 Å². The molecule has 0 aromatic heterocycles. The number of ether oxygens (including phenoxy) is 1. The third-order valence-corrected chi connectivity index (χ3v) is 4.95. The largest absolute Gasteiger partial charge is 0.377 e. The minimum absolute atomic E-state index is 0.0379. The number of amides is 1. The van der Waals surface area contributed by atoms with Gasteiger partial charge in [0.15, 0.2) is 0 Å². The predicted octanol–water partition coefficient (Wildman–Crippen LogP) is 0.279. The highest BCUT2D eigenvalue weighted by molar-refractivity contribution is 7.89. The van der Waals surface area contributed by atoms with Gasteiger partial charge in [0.1, 0.15) is 0 Å². The number of nitrogens with one attached hydrogen (secondary N) is 2. The van der Waals surface area contributed by atoms with E-state index >= 15 is 0 Å². The van der Waals surface area contributed by atoms with Crippen LogP contribution in [0.1, 0.15) is 23.2 Å². The molecule has 0 bridgehead atoms. The van der Waals surface area contributed by atoms with Crippen LogP contribution in [0.5, 0.6) is 0 Å². The summed E-state index contributed by atoms with van der Waals surface area (Å²) in [5, 5.41) is 2.38. The summed E-state index contributed by atoms with van der Waals surface area (Å²) in [6.07, 6.45) is 1.64. The Bertz CT molecular complexity index is 707. The Labute approximate surface area is 121 Å². The van der Waals surface area contributed by atoms with Crippen molar-refractivity contribution in [2.24, 2.45) is 0 Å². The second-order valence-corrected chi connectivity index (χ2v) is 6.74. The number of anilines is 1. The van der Waals surface area contributed by atoms with E-state index < -0.39 is 21.7 Å². The number of hydrogen-bond acceptors (Lipinski definition) is 5. The number of hydrogen-bond donors (Lipinski definition) is 2. The fourth-order valence-corrected chi connectivity index (χ4v) is 3.47. The first-order valence-electron chi connectivity index (χ1n) is 6.58. The zero-order valence-corrected chi connectivity index (χ0v) is 11.9. The van der Waals surface area contributed by atoms with Crippen LogP contribution in [0.2, 0.25) is 0 Å². The van der Waals surface area contributed by atoms with E-state index in [1.54, 1.807) is 0 Å². The fourth-order valence-electron chi connectivity index (χ4n) is 2.38. The van der Waals surface area contributed by atoms with Gasteiger partial charge in [0, 0.05) is 13.2 Å². The molecule has 7 nitrogen and oxygen atoms in total. The molecule has 3 rings (SSSR count). The third kappa shape index (κ3) is 2.69. The van der Waals surface area contributed by atoms with Crippen molar-refractivity contribution in [2.45, 2.75) is 23.8 Å². The zero-order chi connectivity index (χ0) is 15.0. The predicted molar refractivity (Wildman–Crippen MR) is 73.6 cm³/mol. The smallest absolute Gasteiger partial charge is 0.296 e. The van der Waals surface area contributed by atoms with E-state index in [1.165, 1.54) is 18.2 Å². The van der Waals surface area contributed by atoms with Gasteiger partial charge in [-0.15, -0.1) is 0 Å². The number of sulfonamides is 1. The van der Waals surface area contributed by atoms with Crippen molar-refractivity contribution in [2.75, 3.05) is 18.5 Å². The van der Waals surface area contributed by atoms with Gasteiger partial charge in [-0.25, -0.2) is 13.1 Å². The van der Waals surface area contributed by atoms with Gasteiger partial charge in [-0.05, 0) is 31.0 Å². The molecule has 2 aliphatic heterocycles. The van der Waals surface area contributed by atoms with Crippen LogP contribution in [-0.4, -0.2) is 39.4 Å². The van der Waals surface area contributed by atoms with E-state index in [9.17, 15) is 18.0 Å². The van der Waals surface area contributed by atoms with E-state index in [1.807, 2.05) is 0 Å². The Balaban J connectivity index is 1.80. The van der Waals surface area contributed by atoms with Crippen molar-refractivity contribution >= 4 is 27.4 Å². The molecule has 0 aliphatic carbocycles. The van der Waals surface area contributed by atoms with Crippen molar-refractivity contribution in [3.8, 4) is 0 Å². The Morgan fingerprint density at radius 1 is 1.33 bits per heavy atom. The van der Waals surface area contributed by atoms with Crippen molar-refractivity contribution in [1.82, 2.24) is 4.72 Å². The lowest BCUT2D eigenvalue weighted by Gasteiger charge is -2.11. The molecule has 0 saturated carbocycles. The molecule has 1 unspecified atom stereocenters. The normalized spacial score (nSPS) is 21.4. The number of carbonyl (C=O) groups is 2. The number of carbonyl (C=O) groups excluding carboxylic acids is 2. The SMILES string of the molecule is O=C1Nc2ccc(S(=O)(=O)NCC3CCCO3)cc2C1=O. The minimum Gasteiger partial charge on any atom is -0.377 e. The molecular formula is C13H14N2O5S. The number of benzene rings is 1. The lowest BCUT2D eigenvalue weighted by molar-refractivity contribution is -0.112. The molecule has 1 atom stereocenters. The molecular weight excluding hydrogens is 296 g/mol. The van der Waals surface area contributed by atoms with Crippen LogP contribution < -0.4 is 10.0 Å². The Hall–Kier alpha value is -1.77. The van der Waals surface area contributed by atoms with E-state index in [0.29, 0.717) is 12.3 Å². The summed E-state index contributed by atoms with van der Waals surface area (Å²) in [5.41, 5.74) is 0.420. The highest BCUT2D eigenvalue weighted by Crippen LogP contribution is 2.25.